The van der Waals surface area contributed by atoms with Crippen LogP contribution in [0.5, 0.6) is 0 Å². The van der Waals surface area contributed by atoms with Crippen molar-refractivity contribution in [2.24, 2.45) is 0 Å². The lowest BCUT2D eigenvalue weighted by Gasteiger charge is -1.94. The summed E-state index contributed by atoms with van der Waals surface area (Å²) in [6.45, 7) is 0. The highest BCUT2D eigenvalue weighted by atomic mass is 32.2. The maximum absolute atomic E-state index is 7.16. The van der Waals surface area contributed by atoms with Gasteiger partial charge in [0.05, 0.1) is 0 Å². The van der Waals surface area contributed by atoms with E-state index in [1.54, 1.807) is 0 Å². The van der Waals surface area contributed by atoms with Crippen molar-refractivity contribution in [1.29, 1.82) is 4.78 Å². The third kappa shape index (κ3) is 1.27. The van der Waals surface area contributed by atoms with Gasteiger partial charge in [-0.25, -0.2) is 0 Å². The van der Waals surface area contributed by atoms with Gasteiger partial charge in [0.2, 0.25) is 0 Å². The fourth-order valence-electron chi connectivity index (χ4n) is 0.434. The minimum Gasteiger partial charge on any atom is -0.276 e. The van der Waals surface area contributed by atoms with Crippen molar-refractivity contribution in [3.63, 3.8) is 0 Å². The van der Waals surface area contributed by atoms with Crippen LogP contribution in [-0.4, -0.2) is 5.75 Å². The molecule has 0 amide bonds. The summed E-state index contributed by atoms with van der Waals surface area (Å²) in [5.41, 5.74) is 0. The van der Waals surface area contributed by atoms with Crippen LogP contribution in [0.25, 0.3) is 0 Å². The van der Waals surface area contributed by atoms with Gasteiger partial charge < -0.3 is 0 Å². The minimum atomic E-state index is -0.208. The Morgan fingerprint density at radius 1 is 1.43 bits per heavy atom. The average Bonchev–Trinajstić information content (AvgIpc) is 1.69. The topological polar surface area (TPSA) is 23.9 Å². The summed E-state index contributed by atoms with van der Waals surface area (Å²) in [6, 6.07) is 0. The minimum absolute atomic E-state index is 0.208. The van der Waals surface area contributed by atoms with Crippen LogP contribution in [0.2, 0.25) is 0 Å². The number of hydrogen-bond donors (Lipinski definition) is 1. The second-order valence-electron chi connectivity index (χ2n) is 1.35. The molecule has 0 aromatic carbocycles. The van der Waals surface area contributed by atoms with E-state index in [1.807, 2.05) is 23.6 Å². The first kappa shape index (κ1) is 4.78. The van der Waals surface area contributed by atoms with Gasteiger partial charge >= 0.3 is 0 Å². The Bertz CT molecular complexity index is 135. The van der Waals surface area contributed by atoms with E-state index in [4.69, 9.17) is 4.78 Å². The van der Waals surface area contributed by atoms with E-state index in [0.717, 1.165) is 5.75 Å². The van der Waals surface area contributed by atoms with E-state index >= 15 is 0 Å². The summed E-state index contributed by atoms with van der Waals surface area (Å²) in [4.78, 5) is 0. The van der Waals surface area contributed by atoms with Gasteiger partial charge in [0.1, 0.15) is 0 Å². The molecule has 1 heterocycles. The zero-order valence-corrected chi connectivity index (χ0v) is 4.74. The molecule has 0 spiro atoms. The molecule has 0 bridgehead atoms. The molecule has 1 unspecified atom stereocenters. The summed E-state index contributed by atoms with van der Waals surface area (Å²) >= 11 is 0. The summed E-state index contributed by atoms with van der Waals surface area (Å²) in [6.07, 6.45) is 5.94. The van der Waals surface area contributed by atoms with Crippen LogP contribution in [0.15, 0.2) is 23.6 Å². The first-order valence-corrected chi connectivity index (χ1v) is 3.59. The van der Waals surface area contributed by atoms with Crippen LogP contribution in [-0.2, 0) is 10.7 Å². The highest BCUT2D eigenvalue weighted by molar-refractivity contribution is 7.89. The molecule has 2 heteroatoms. The highest BCUT2D eigenvalue weighted by Crippen LogP contribution is 1.94. The molecule has 0 radical (unpaired) electrons. The number of hydrogen-bond acceptors (Lipinski definition) is 1. The number of allylic oxidation sites excluding steroid dienone is 2. The van der Waals surface area contributed by atoms with Crippen molar-refractivity contribution in [2.75, 3.05) is 5.75 Å². The van der Waals surface area contributed by atoms with Gasteiger partial charge in [0.15, 0.2) is 0 Å². The molecule has 7 heavy (non-hydrogen) atoms. The van der Waals surface area contributed by atoms with Gasteiger partial charge in [-0.3, -0.25) is 4.78 Å². The van der Waals surface area contributed by atoms with Gasteiger partial charge in [-0.15, -0.1) is 0 Å². The van der Waals surface area contributed by atoms with Crippen molar-refractivity contribution >= 4 is 10.7 Å². The van der Waals surface area contributed by atoms with Crippen LogP contribution < -0.4 is 0 Å². The third-order valence-corrected chi connectivity index (χ3v) is 1.80. The molecule has 0 aliphatic carbocycles. The molecule has 0 saturated heterocycles. The summed E-state index contributed by atoms with van der Waals surface area (Å²) in [5.74, 6) is 0.913. The fourth-order valence-corrected chi connectivity index (χ4v) is 1.14. The van der Waals surface area contributed by atoms with Crippen molar-refractivity contribution in [3.8, 4) is 0 Å². The summed E-state index contributed by atoms with van der Waals surface area (Å²) in [7, 11) is -0.208. The van der Waals surface area contributed by atoms with Crippen LogP contribution in [0.1, 0.15) is 0 Å². The van der Waals surface area contributed by atoms with E-state index in [9.17, 15) is 0 Å². The SMILES string of the molecule is N=S1C=CC=CC1. The molecule has 1 nitrogen and oxygen atoms in total. The van der Waals surface area contributed by atoms with E-state index in [2.05, 4.69) is 0 Å². The third-order valence-electron chi connectivity index (χ3n) is 0.766. The van der Waals surface area contributed by atoms with E-state index in [1.165, 1.54) is 0 Å². The first-order valence-electron chi connectivity index (χ1n) is 2.14. The molecule has 0 aromatic rings. The zero-order chi connectivity index (χ0) is 5.11. The molecule has 0 fully saturated rings. The standard InChI is InChI=1S/C5H7NS/c6-7-4-2-1-3-5-7/h1-4,6H,5H2. The second-order valence-corrected chi connectivity index (χ2v) is 2.82. The van der Waals surface area contributed by atoms with E-state index < -0.39 is 0 Å². The Labute approximate surface area is 45.6 Å². The zero-order valence-electron chi connectivity index (χ0n) is 3.92. The Morgan fingerprint density at radius 2 is 2.29 bits per heavy atom. The maximum atomic E-state index is 7.16. The Morgan fingerprint density at radius 3 is 2.57 bits per heavy atom. The molecular weight excluding hydrogens is 106 g/mol. The smallest absolute Gasteiger partial charge is 0.0261 e. The van der Waals surface area contributed by atoms with Crippen molar-refractivity contribution in [3.05, 3.63) is 23.6 Å². The molecule has 1 aliphatic rings. The molecule has 1 aliphatic heterocycles. The Hall–Kier alpha value is -0.370. The number of rotatable bonds is 0. The van der Waals surface area contributed by atoms with Gasteiger partial charge in [0.25, 0.3) is 0 Å². The Kier molecular flexibility index (Phi) is 1.42. The van der Waals surface area contributed by atoms with Gasteiger partial charge in [-0.05, 0) is 5.41 Å². The monoisotopic (exact) mass is 113 g/mol. The molecule has 1 N–H and O–H groups in total. The van der Waals surface area contributed by atoms with Crippen LogP contribution in [0.4, 0.5) is 0 Å². The van der Waals surface area contributed by atoms with Crippen molar-refractivity contribution in [1.82, 2.24) is 0 Å². The Balaban J connectivity index is 2.66. The predicted molar refractivity (Wildman–Crippen MR) is 33.2 cm³/mol. The molecule has 0 saturated carbocycles. The van der Waals surface area contributed by atoms with Crippen molar-refractivity contribution in [2.45, 2.75) is 0 Å². The molecule has 1 rings (SSSR count). The first-order chi connectivity index (χ1) is 3.39. The second kappa shape index (κ2) is 2.07. The highest BCUT2D eigenvalue weighted by Gasteiger charge is 1.85. The lowest BCUT2D eigenvalue weighted by Crippen LogP contribution is -1.88. The summed E-state index contributed by atoms with van der Waals surface area (Å²) in [5, 5.41) is 1.92. The van der Waals surface area contributed by atoms with Crippen LogP contribution in [0.3, 0.4) is 0 Å². The van der Waals surface area contributed by atoms with Gasteiger partial charge in [0, 0.05) is 5.75 Å². The van der Waals surface area contributed by atoms with Crippen molar-refractivity contribution < 1.29 is 0 Å². The fraction of sp³-hybridized carbons (Fsp3) is 0.200. The average molecular weight is 113 g/mol. The lowest BCUT2D eigenvalue weighted by atomic mass is 10.5. The maximum Gasteiger partial charge on any atom is 0.0261 e. The lowest BCUT2D eigenvalue weighted by molar-refractivity contribution is 1.59. The van der Waals surface area contributed by atoms with Gasteiger partial charge in [-0.1, -0.05) is 28.9 Å². The molecule has 0 aromatic heterocycles. The largest absolute Gasteiger partial charge is 0.276 e. The van der Waals surface area contributed by atoms with E-state index in [-0.39, 0.29) is 10.7 Å². The van der Waals surface area contributed by atoms with E-state index in [0.29, 0.717) is 0 Å². The van der Waals surface area contributed by atoms with Gasteiger partial charge in [-0.2, -0.15) is 0 Å². The molecule has 1 atom stereocenters. The number of nitrogens with one attached hydrogen (secondary N) is 1. The quantitative estimate of drug-likeness (QED) is 0.491. The molecule has 38 valence electrons. The normalized spacial score (nSPS) is 28.3. The molecular formula is C5H7NS. The van der Waals surface area contributed by atoms with Crippen LogP contribution in [0, 0.1) is 4.78 Å². The predicted octanol–water partition coefficient (Wildman–Crippen LogP) is 1.45. The summed E-state index contributed by atoms with van der Waals surface area (Å²) < 4.78 is 7.16. The van der Waals surface area contributed by atoms with Crippen LogP contribution >= 0.6 is 0 Å².